The Morgan fingerprint density at radius 1 is 1.26 bits per heavy atom. The topological polar surface area (TPSA) is 33.1 Å². The fraction of sp³-hybridized carbons (Fsp3) is 0.267. The van der Waals surface area contributed by atoms with Gasteiger partial charge in [-0.3, -0.25) is 4.98 Å². The third kappa shape index (κ3) is 4.01. The van der Waals surface area contributed by atoms with Gasteiger partial charge >= 0.3 is 0 Å². The first-order chi connectivity index (χ1) is 9.16. The summed E-state index contributed by atoms with van der Waals surface area (Å²) in [4.78, 5) is 4.01. The van der Waals surface area contributed by atoms with Gasteiger partial charge < -0.3 is 5.11 Å². The summed E-state index contributed by atoms with van der Waals surface area (Å²) in [5.41, 5.74) is 1.43. The third-order valence-electron chi connectivity index (χ3n) is 2.99. The molecule has 0 aliphatic rings. The average molecular weight is 280 g/mol. The van der Waals surface area contributed by atoms with Crippen molar-refractivity contribution in [1.29, 1.82) is 0 Å². The van der Waals surface area contributed by atoms with Crippen molar-refractivity contribution in [2.24, 2.45) is 0 Å². The van der Waals surface area contributed by atoms with E-state index in [1.54, 1.807) is 24.5 Å². The van der Waals surface area contributed by atoms with Crippen molar-refractivity contribution in [3.63, 3.8) is 0 Å². The lowest BCUT2D eigenvalue weighted by atomic mass is 10.0. The van der Waals surface area contributed by atoms with Gasteiger partial charge in [-0.05, 0) is 36.6 Å². The van der Waals surface area contributed by atoms with Crippen LogP contribution in [0.4, 0.5) is 4.39 Å². The normalized spacial score (nSPS) is 12.4. The molecule has 2 rings (SSSR count). The van der Waals surface area contributed by atoms with Crippen LogP contribution in [0.15, 0.2) is 42.7 Å². The molecule has 0 aliphatic heterocycles. The molecular weight excluding hydrogens is 265 g/mol. The number of benzene rings is 1. The number of hydrogen-bond donors (Lipinski definition) is 1. The molecule has 0 saturated carbocycles. The van der Waals surface area contributed by atoms with Crippen LogP contribution in [-0.2, 0) is 12.8 Å². The maximum absolute atomic E-state index is 13.6. The molecule has 19 heavy (non-hydrogen) atoms. The van der Waals surface area contributed by atoms with Crippen molar-refractivity contribution >= 4 is 11.6 Å². The molecule has 0 aliphatic carbocycles. The van der Waals surface area contributed by atoms with E-state index in [4.69, 9.17) is 11.6 Å². The van der Waals surface area contributed by atoms with Gasteiger partial charge in [0.1, 0.15) is 5.82 Å². The second kappa shape index (κ2) is 6.64. The average Bonchev–Trinajstić information content (AvgIpc) is 2.42. The number of aromatic nitrogens is 1. The van der Waals surface area contributed by atoms with Crippen LogP contribution < -0.4 is 0 Å². The molecule has 1 heterocycles. The van der Waals surface area contributed by atoms with Crippen LogP contribution in [0, 0.1) is 5.82 Å². The fourth-order valence-electron chi connectivity index (χ4n) is 1.94. The molecule has 0 saturated heterocycles. The summed E-state index contributed by atoms with van der Waals surface area (Å²) in [5, 5.41) is 10.3. The van der Waals surface area contributed by atoms with E-state index < -0.39 is 6.10 Å². The van der Waals surface area contributed by atoms with E-state index in [0.29, 0.717) is 23.4 Å². The van der Waals surface area contributed by atoms with Gasteiger partial charge in [0.05, 0.1) is 6.10 Å². The third-order valence-corrected chi connectivity index (χ3v) is 3.34. The smallest absolute Gasteiger partial charge is 0.127 e. The van der Waals surface area contributed by atoms with Crippen molar-refractivity contribution in [2.45, 2.75) is 25.4 Å². The van der Waals surface area contributed by atoms with Gasteiger partial charge in [0.25, 0.3) is 0 Å². The number of pyridine rings is 1. The Labute approximate surface area is 116 Å². The van der Waals surface area contributed by atoms with E-state index in [1.807, 2.05) is 12.1 Å². The lowest BCUT2D eigenvalue weighted by Gasteiger charge is -2.12. The second-order valence-electron chi connectivity index (χ2n) is 4.46. The van der Waals surface area contributed by atoms with E-state index >= 15 is 0 Å². The molecule has 1 aromatic carbocycles. The number of hydrogen-bond acceptors (Lipinski definition) is 2. The fourth-order valence-corrected chi connectivity index (χ4v) is 2.18. The molecular formula is C15H15ClFNO. The van der Waals surface area contributed by atoms with Crippen molar-refractivity contribution in [3.05, 3.63) is 64.7 Å². The van der Waals surface area contributed by atoms with Crippen LogP contribution in [0.3, 0.4) is 0 Å². The highest BCUT2D eigenvalue weighted by Crippen LogP contribution is 2.21. The number of aliphatic hydroxyl groups excluding tert-OH is 1. The highest BCUT2D eigenvalue weighted by atomic mass is 35.5. The van der Waals surface area contributed by atoms with Crippen LogP contribution in [-0.4, -0.2) is 16.2 Å². The lowest BCUT2D eigenvalue weighted by molar-refractivity contribution is 0.164. The standard InChI is InChI=1S/C15H15ClFNO/c16-14-4-1-5-15(17)13(14)9-12(19)7-6-11-3-2-8-18-10-11/h1-5,8,10,12,19H,6-7,9H2. The van der Waals surface area contributed by atoms with Gasteiger partial charge in [-0.2, -0.15) is 0 Å². The Bertz CT molecular complexity index is 513. The number of aryl methyl sites for hydroxylation is 1. The van der Waals surface area contributed by atoms with Crippen molar-refractivity contribution in [2.75, 3.05) is 0 Å². The first kappa shape index (κ1) is 14.0. The number of aliphatic hydroxyl groups is 1. The molecule has 2 nitrogen and oxygen atoms in total. The minimum atomic E-state index is -0.616. The first-order valence-corrected chi connectivity index (χ1v) is 6.54. The van der Waals surface area contributed by atoms with Gasteiger partial charge in [0, 0.05) is 29.4 Å². The molecule has 100 valence electrons. The van der Waals surface area contributed by atoms with Crippen molar-refractivity contribution < 1.29 is 9.50 Å². The van der Waals surface area contributed by atoms with Gasteiger partial charge in [-0.1, -0.05) is 23.7 Å². The summed E-state index contributed by atoms with van der Waals surface area (Å²) in [6.07, 6.45) is 4.35. The van der Waals surface area contributed by atoms with E-state index in [9.17, 15) is 9.50 Å². The second-order valence-corrected chi connectivity index (χ2v) is 4.87. The van der Waals surface area contributed by atoms with Gasteiger partial charge in [-0.15, -0.1) is 0 Å². The van der Waals surface area contributed by atoms with Gasteiger partial charge in [-0.25, -0.2) is 4.39 Å². The molecule has 4 heteroatoms. The largest absolute Gasteiger partial charge is 0.393 e. The van der Waals surface area contributed by atoms with Crippen LogP contribution >= 0.6 is 11.6 Å². The molecule has 0 bridgehead atoms. The van der Waals surface area contributed by atoms with Gasteiger partial charge in [0.2, 0.25) is 0 Å². The lowest BCUT2D eigenvalue weighted by Crippen LogP contribution is -2.13. The predicted molar refractivity (Wildman–Crippen MR) is 73.7 cm³/mol. The number of nitrogens with zero attached hydrogens (tertiary/aromatic N) is 1. The molecule has 0 radical (unpaired) electrons. The summed E-state index contributed by atoms with van der Waals surface area (Å²) in [5.74, 6) is -0.368. The first-order valence-electron chi connectivity index (χ1n) is 6.16. The molecule has 0 amide bonds. The molecule has 1 N–H and O–H groups in total. The summed E-state index contributed by atoms with van der Waals surface area (Å²) in [6, 6.07) is 8.36. The molecule has 1 atom stereocenters. The molecule has 0 fully saturated rings. The van der Waals surface area contributed by atoms with E-state index in [0.717, 1.165) is 5.56 Å². The molecule has 0 spiro atoms. The Hall–Kier alpha value is -1.45. The molecule has 2 aromatic rings. The highest BCUT2D eigenvalue weighted by molar-refractivity contribution is 6.31. The van der Waals surface area contributed by atoms with Gasteiger partial charge in [0.15, 0.2) is 0 Å². The Morgan fingerprint density at radius 3 is 2.79 bits per heavy atom. The van der Waals surface area contributed by atoms with Crippen LogP contribution in [0.2, 0.25) is 5.02 Å². The predicted octanol–water partition coefficient (Wildman–Crippen LogP) is 3.41. The zero-order valence-corrected chi connectivity index (χ0v) is 11.1. The zero-order valence-electron chi connectivity index (χ0n) is 10.4. The summed E-state index contributed by atoms with van der Waals surface area (Å²) < 4.78 is 13.6. The number of halogens is 2. The Balaban J connectivity index is 1.93. The van der Waals surface area contributed by atoms with E-state index in [2.05, 4.69) is 4.98 Å². The minimum absolute atomic E-state index is 0.228. The number of rotatable bonds is 5. The summed E-state index contributed by atoms with van der Waals surface area (Å²) in [6.45, 7) is 0. The van der Waals surface area contributed by atoms with Crippen molar-refractivity contribution in [1.82, 2.24) is 4.98 Å². The Morgan fingerprint density at radius 2 is 2.11 bits per heavy atom. The SMILES string of the molecule is OC(CCc1cccnc1)Cc1c(F)cccc1Cl. The minimum Gasteiger partial charge on any atom is -0.393 e. The van der Waals surface area contributed by atoms with Crippen molar-refractivity contribution in [3.8, 4) is 0 Å². The van der Waals surface area contributed by atoms with Crippen LogP contribution in [0.5, 0.6) is 0 Å². The maximum Gasteiger partial charge on any atom is 0.127 e. The monoisotopic (exact) mass is 279 g/mol. The van der Waals surface area contributed by atoms with Crippen LogP contribution in [0.1, 0.15) is 17.5 Å². The summed E-state index contributed by atoms with van der Waals surface area (Å²) in [7, 11) is 0. The highest BCUT2D eigenvalue weighted by Gasteiger charge is 2.12. The quantitative estimate of drug-likeness (QED) is 0.910. The molecule has 1 aromatic heterocycles. The summed E-state index contributed by atoms with van der Waals surface area (Å²) >= 11 is 5.93. The molecule has 1 unspecified atom stereocenters. The van der Waals surface area contributed by atoms with E-state index in [1.165, 1.54) is 6.07 Å². The Kier molecular flexibility index (Phi) is 4.88. The van der Waals surface area contributed by atoms with E-state index in [-0.39, 0.29) is 12.2 Å². The zero-order chi connectivity index (χ0) is 13.7. The van der Waals surface area contributed by atoms with Crippen LogP contribution in [0.25, 0.3) is 0 Å². The maximum atomic E-state index is 13.6.